The summed E-state index contributed by atoms with van der Waals surface area (Å²) in [5.74, 6) is 1.65. The Kier molecular flexibility index (Phi) is 5.42. The molecular weight excluding hydrogens is 500 g/mol. The van der Waals surface area contributed by atoms with Gasteiger partial charge in [0.15, 0.2) is 0 Å². The maximum atomic E-state index is 12.7. The summed E-state index contributed by atoms with van der Waals surface area (Å²) in [7, 11) is 0. The molecule has 0 bridgehead atoms. The van der Waals surface area contributed by atoms with Crippen molar-refractivity contribution in [2.45, 2.75) is 87.9 Å². The molecule has 0 aromatic rings. The van der Waals surface area contributed by atoms with Gasteiger partial charge in [-0.3, -0.25) is 14.4 Å². The zero-order valence-corrected chi connectivity index (χ0v) is 21.0. The van der Waals surface area contributed by atoms with Crippen LogP contribution >= 0.6 is 31.9 Å². The summed E-state index contributed by atoms with van der Waals surface area (Å²) in [4.78, 5) is 37.1. The highest BCUT2D eigenvalue weighted by molar-refractivity contribution is 9.10. The third-order valence-electron chi connectivity index (χ3n) is 9.39. The molecule has 0 heterocycles. The number of ketones is 2. The first-order chi connectivity index (χ1) is 13.5. The Bertz CT molecular complexity index is 753. The third kappa shape index (κ3) is 2.97. The Labute approximate surface area is 190 Å². The number of ether oxygens (including phenoxy) is 1. The van der Waals surface area contributed by atoms with Gasteiger partial charge in [0.25, 0.3) is 0 Å². The topological polar surface area (TPSA) is 60.4 Å². The van der Waals surface area contributed by atoms with Gasteiger partial charge in [-0.05, 0) is 74.0 Å². The first kappa shape index (κ1) is 22.0. The van der Waals surface area contributed by atoms with Gasteiger partial charge in [-0.25, -0.2) is 0 Å². The van der Waals surface area contributed by atoms with Gasteiger partial charge in [0.05, 0.1) is 9.15 Å². The van der Waals surface area contributed by atoms with Gasteiger partial charge in [0, 0.05) is 19.3 Å². The fraction of sp³-hybridized carbons (Fsp3) is 0.870. The van der Waals surface area contributed by atoms with Crippen molar-refractivity contribution in [3.05, 3.63) is 0 Å². The summed E-state index contributed by atoms with van der Waals surface area (Å²) in [6.07, 6.45) is 5.92. The molecule has 9 atom stereocenters. The average Bonchev–Trinajstić information content (AvgIpc) is 2.90. The lowest BCUT2D eigenvalue weighted by molar-refractivity contribution is -0.191. The summed E-state index contributed by atoms with van der Waals surface area (Å²) >= 11 is 7.59. The zero-order valence-electron chi connectivity index (χ0n) is 17.8. The van der Waals surface area contributed by atoms with E-state index in [1.807, 2.05) is 0 Å². The minimum atomic E-state index is -0.535. The summed E-state index contributed by atoms with van der Waals surface area (Å²) in [6.45, 7) is 7.75. The predicted octanol–water partition coefficient (Wildman–Crippen LogP) is 5.24. The molecule has 4 aliphatic carbocycles. The van der Waals surface area contributed by atoms with E-state index in [9.17, 15) is 14.4 Å². The maximum Gasteiger partial charge on any atom is 0.302 e. The van der Waals surface area contributed by atoms with Crippen molar-refractivity contribution in [2.24, 2.45) is 34.5 Å². The Hall–Kier alpha value is -0.230. The van der Waals surface area contributed by atoms with E-state index in [1.165, 1.54) is 6.92 Å². The summed E-state index contributed by atoms with van der Waals surface area (Å²) < 4.78 is 5.48. The molecule has 0 spiro atoms. The standard InChI is InChI=1S/C23H32Br2O4/c1-12(26)23(25)10-7-15-14-5-6-16-20(24)17(28)8-9-21(16,3)19(14)18(29-13(2)27)11-22(15,23)4/h14-16,18-20H,5-11H2,1-4H3/t14?,15?,16?,18-,19?,20?,21?,22?,23+/m1/s1. The van der Waals surface area contributed by atoms with Gasteiger partial charge in [-0.2, -0.15) is 0 Å². The second kappa shape index (κ2) is 7.15. The highest BCUT2D eigenvalue weighted by Gasteiger charge is 2.69. The molecule has 7 unspecified atom stereocenters. The van der Waals surface area contributed by atoms with Gasteiger partial charge in [-0.15, -0.1) is 0 Å². The van der Waals surface area contributed by atoms with Crippen molar-refractivity contribution in [2.75, 3.05) is 0 Å². The normalized spacial score (nSPS) is 51.6. The Balaban J connectivity index is 1.78. The lowest BCUT2D eigenvalue weighted by Gasteiger charge is -2.63. The van der Waals surface area contributed by atoms with Crippen LogP contribution in [0.1, 0.15) is 72.6 Å². The van der Waals surface area contributed by atoms with E-state index in [1.54, 1.807) is 6.92 Å². The number of fused-ring (bicyclic) bond motifs is 5. The van der Waals surface area contributed by atoms with E-state index >= 15 is 0 Å². The van der Waals surface area contributed by atoms with Crippen molar-refractivity contribution in [3.63, 3.8) is 0 Å². The van der Waals surface area contributed by atoms with E-state index < -0.39 is 4.32 Å². The van der Waals surface area contributed by atoms with E-state index in [0.29, 0.717) is 30.5 Å². The highest BCUT2D eigenvalue weighted by atomic mass is 79.9. The van der Waals surface area contributed by atoms with E-state index in [-0.39, 0.29) is 45.3 Å². The van der Waals surface area contributed by atoms with Crippen molar-refractivity contribution >= 4 is 49.4 Å². The van der Waals surface area contributed by atoms with Crippen molar-refractivity contribution in [1.29, 1.82) is 0 Å². The predicted molar refractivity (Wildman–Crippen MR) is 118 cm³/mol. The molecule has 0 aromatic carbocycles. The second-order valence-electron chi connectivity index (χ2n) is 10.5. The Morgan fingerprint density at radius 1 is 1.07 bits per heavy atom. The molecule has 0 amide bonds. The average molecular weight is 532 g/mol. The Morgan fingerprint density at radius 3 is 2.38 bits per heavy atom. The lowest BCUT2D eigenvalue weighted by Crippen LogP contribution is -2.63. The molecule has 4 saturated carbocycles. The first-order valence-electron chi connectivity index (χ1n) is 11.0. The third-order valence-corrected chi connectivity index (χ3v) is 12.4. The fourth-order valence-electron chi connectivity index (χ4n) is 8.06. The molecule has 162 valence electrons. The number of rotatable bonds is 2. The molecule has 4 nitrogen and oxygen atoms in total. The van der Waals surface area contributed by atoms with Crippen LogP contribution < -0.4 is 0 Å². The SMILES string of the molecule is CC(=O)O[C@@H]1CC2(C)C(CC[C@]2(Br)C(C)=O)C2CCC3C(Br)C(=O)CCC3(C)C21. The second-order valence-corrected chi connectivity index (χ2v) is 12.9. The summed E-state index contributed by atoms with van der Waals surface area (Å²) in [5, 5.41) is 0. The van der Waals surface area contributed by atoms with Crippen LogP contribution in [0.15, 0.2) is 0 Å². The van der Waals surface area contributed by atoms with Gasteiger partial charge in [-0.1, -0.05) is 45.7 Å². The number of halogens is 2. The molecule has 0 aromatic heterocycles. The van der Waals surface area contributed by atoms with E-state index in [4.69, 9.17) is 4.74 Å². The molecule has 4 aliphatic rings. The first-order valence-corrected chi connectivity index (χ1v) is 12.7. The van der Waals surface area contributed by atoms with Crippen LogP contribution in [0.4, 0.5) is 0 Å². The Morgan fingerprint density at radius 2 is 1.76 bits per heavy atom. The molecular formula is C23H32Br2O4. The molecule has 0 aliphatic heterocycles. The van der Waals surface area contributed by atoms with Crippen molar-refractivity contribution in [3.8, 4) is 0 Å². The van der Waals surface area contributed by atoms with Gasteiger partial charge in [0.2, 0.25) is 0 Å². The minimum absolute atomic E-state index is 0.0276. The number of carbonyl (C=O) groups excluding carboxylic acids is 3. The van der Waals surface area contributed by atoms with Crippen molar-refractivity contribution < 1.29 is 19.1 Å². The number of carbonyl (C=O) groups is 3. The van der Waals surface area contributed by atoms with Crippen LogP contribution in [-0.2, 0) is 19.1 Å². The lowest BCUT2D eigenvalue weighted by atomic mass is 9.44. The monoisotopic (exact) mass is 530 g/mol. The molecule has 0 radical (unpaired) electrons. The fourth-order valence-corrected chi connectivity index (χ4v) is 9.84. The minimum Gasteiger partial charge on any atom is -0.462 e. The molecule has 4 rings (SSSR count). The summed E-state index contributed by atoms with van der Waals surface area (Å²) in [6, 6.07) is 0. The van der Waals surface area contributed by atoms with Crippen LogP contribution in [-0.4, -0.2) is 32.8 Å². The maximum absolute atomic E-state index is 12.7. The van der Waals surface area contributed by atoms with E-state index in [0.717, 1.165) is 32.1 Å². The van der Waals surface area contributed by atoms with Crippen molar-refractivity contribution in [1.82, 2.24) is 0 Å². The van der Waals surface area contributed by atoms with E-state index in [2.05, 4.69) is 45.7 Å². The number of esters is 1. The van der Waals surface area contributed by atoms with Crippen LogP contribution in [0.2, 0.25) is 0 Å². The molecule has 29 heavy (non-hydrogen) atoms. The van der Waals surface area contributed by atoms with Gasteiger partial charge in [0.1, 0.15) is 17.7 Å². The van der Waals surface area contributed by atoms with Crippen LogP contribution in [0.25, 0.3) is 0 Å². The van der Waals surface area contributed by atoms with Gasteiger partial charge >= 0.3 is 5.97 Å². The number of alkyl halides is 2. The largest absolute Gasteiger partial charge is 0.462 e. The van der Waals surface area contributed by atoms with Crippen LogP contribution in [0.3, 0.4) is 0 Å². The number of Topliss-reactive ketones (excluding diaryl/α,β-unsaturated/α-hetero) is 2. The van der Waals surface area contributed by atoms with Gasteiger partial charge < -0.3 is 4.74 Å². The number of hydrogen-bond donors (Lipinski definition) is 0. The molecule has 0 N–H and O–H groups in total. The molecule has 0 saturated heterocycles. The van der Waals surface area contributed by atoms with Crippen LogP contribution in [0, 0.1) is 34.5 Å². The quantitative estimate of drug-likeness (QED) is 0.361. The number of hydrogen-bond acceptors (Lipinski definition) is 4. The summed E-state index contributed by atoms with van der Waals surface area (Å²) in [5.41, 5.74) is -0.248. The zero-order chi connectivity index (χ0) is 21.4. The molecule has 4 fully saturated rings. The highest BCUT2D eigenvalue weighted by Crippen LogP contribution is 2.70. The smallest absolute Gasteiger partial charge is 0.302 e. The molecule has 6 heteroatoms. The van der Waals surface area contributed by atoms with Crippen LogP contribution in [0.5, 0.6) is 0 Å².